The second-order valence-electron chi connectivity index (χ2n) is 4.70. The van der Waals surface area contributed by atoms with Gasteiger partial charge in [-0.15, -0.1) is 0 Å². The molecule has 0 aliphatic heterocycles. The zero-order valence-corrected chi connectivity index (χ0v) is 11.4. The fourth-order valence-corrected chi connectivity index (χ4v) is 2.13. The van der Waals surface area contributed by atoms with Crippen LogP contribution in [0, 0.1) is 12.7 Å². The van der Waals surface area contributed by atoms with Crippen molar-refractivity contribution in [1.82, 2.24) is 10.3 Å². The Balaban J connectivity index is 2.04. The van der Waals surface area contributed by atoms with Gasteiger partial charge >= 0.3 is 0 Å². The van der Waals surface area contributed by atoms with Gasteiger partial charge in [-0.1, -0.05) is 19.1 Å². The average Bonchev–Trinajstić information content (AvgIpc) is 2.43. The van der Waals surface area contributed by atoms with Crippen LogP contribution in [-0.2, 0) is 6.54 Å². The normalized spacial score (nSPS) is 12.4. The molecule has 2 aromatic rings. The quantitative estimate of drug-likeness (QED) is 0.883. The number of aromatic nitrogens is 1. The minimum atomic E-state index is -0.191. The maximum absolute atomic E-state index is 12.9. The van der Waals surface area contributed by atoms with E-state index in [0.717, 1.165) is 18.5 Å². The molecule has 0 radical (unpaired) electrons. The zero-order chi connectivity index (χ0) is 13.7. The molecule has 19 heavy (non-hydrogen) atoms. The summed E-state index contributed by atoms with van der Waals surface area (Å²) in [6, 6.07) is 8.98. The number of rotatable bonds is 5. The molecule has 1 unspecified atom stereocenters. The van der Waals surface area contributed by atoms with Gasteiger partial charge in [-0.3, -0.25) is 4.98 Å². The zero-order valence-electron chi connectivity index (χ0n) is 11.4. The van der Waals surface area contributed by atoms with Crippen molar-refractivity contribution in [3.8, 4) is 0 Å². The van der Waals surface area contributed by atoms with Crippen LogP contribution in [-0.4, -0.2) is 4.98 Å². The van der Waals surface area contributed by atoms with Crippen LogP contribution in [0.15, 0.2) is 42.7 Å². The monoisotopic (exact) mass is 258 g/mol. The Kier molecular flexibility index (Phi) is 4.63. The number of pyridine rings is 1. The van der Waals surface area contributed by atoms with Crippen molar-refractivity contribution < 1.29 is 4.39 Å². The van der Waals surface area contributed by atoms with E-state index in [-0.39, 0.29) is 11.9 Å². The van der Waals surface area contributed by atoms with Gasteiger partial charge < -0.3 is 5.32 Å². The lowest BCUT2D eigenvalue weighted by atomic mass is 10.0. The van der Waals surface area contributed by atoms with Crippen LogP contribution in [0.3, 0.4) is 0 Å². The highest BCUT2D eigenvalue weighted by Crippen LogP contribution is 2.18. The van der Waals surface area contributed by atoms with Gasteiger partial charge in [0.2, 0.25) is 0 Å². The van der Waals surface area contributed by atoms with E-state index in [9.17, 15) is 4.39 Å². The van der Waals surface area contributed by atoms with E-state index in [1.54, 1.807) is 0 Å². The molecule has 0 amide bonds. The van der Waals surface area contributed by atoms with Crippen molar-refractivity contribution in [3.63, 3.8) is 0 Å². The molecule has 100 valence electrons. The van der Waals surface area contributed by atoms with Crippen molar-refractivity contribution in [1.29, 1.82) is 0 Å². The lowest BCUT2D eigenvalue weighted by Crippen LogP contribution is -2.20. The summed E-state index contributed by atoms with van der Waals surface area (Å²) < 4.78 is 12.9. The highest BCUT2D eigenvalue weighted by Gasteiger charge is 2.09. The van der Waals surface area contributed by atoms with Crippen LogP contribution < -0.4 is 5.32 Å². The average molecular weight is 258 g/mol. The molecule has 0 spiro atoms. The van der Waals surface area contributed by atoms with E-state index >= 15 is 0 Å². The Morgan fingerprint density at radius 2 is 1.95 bits per heavy atom. The topological polar surface area (TPSA) is 24.9 Å². The Hall–Kier alpha value is -1.74. The lowest BCUT2D eigenvalue weighted by molar-refractivity contribution is 0.516. The predicted octanol–water partition coefficient (Wildman–Crippen LogP) is 3.77. The first-order valence-corrected chi connectivity index (χ1v) is 6.59. The minimum Gasteiger partial charge on any atom is -0.306 e. The van der Waals surface area contributed by atoms with Crippen LogP contribution in [0.1, 0.15) is 36.1 Å². The van der Waals surface area contributed by atoms with E-state index < -0.39 is 0 Å². The van der Waals surface area contributed by atoms with Gasteiger partial charge in [-0.05, 0) is 48.2 Å². The molecule has 1 aromatic heterocycles. The van der Waals surface area contributed by atoms with E-state index in [1.165, 1.54) is 23.3 Å². The van der Waals surface area contributed by atoms with Crippen molar-refractivity contribution in [3.05, 3.63) is 65.2 Å². The number of halogens is 1. The van der Waals surface area contributed by atoms with Crippen molar-refractivity contribution in [2.45, 2.75) is 32.9 Å². The molecular formula is C16H19FN2. The number of benzene rings is 1. The molecule has 1 aromatic carbocycles. The summed E-state index contributed by atoms with van der Waals surface area (Å²) in [5, 5.41) is 3.51. The summed E-state index contributed by atoms with van der Waals surface area (Å²) in [6.45, 7) is 4.98. The molecule has 1 N–H and O–H groups in total. The fraction of sp³-hybridized carbons (Fsp3) is 0.312. The second kappa shape index (κ2) is 6.43. The van der Waals surface area contributed by atoms with E-state index in [0.29, 0.717) is 0 Å². The van der Waals surface area contributed by atoms with Crippen LogP contribution in [0.2, 0.25) is 0 Å². The molecular weight excluding hydrogens is 239 g/mol. The summed E-state index contributed by atoms with van der Waals surface area (Å²) in [5.41, 5.74) is 3.55. The third-order valence-corrected chi connectivity index (χ3v) is 3.36. The standard InChI is InChI=1S/C16H19FN2/c1-3-16(13-4-6-15(17)7-5-13)19-11-14-8-9-18-10-12(14)2/h4-10,16,19H,3,11H2,1-2H3. The number of hydrogen-bond acceptors (Lipinski definition) is 2. The summed E-state index contributed by atoms with van der Waals surface area (Å²) in [6.07, 6.45) is 4.65. The lowest BCUT2D eigenvalue weighted by Gasteiger charge is -2.18. The summed E-state index contributed by atoms with van der Waals surface area (Å²) in [7, 11) is 0. The van der Waals surface area contributed by atoms with Crippen LogP contribution >= 0.6 is 0 Å². The molecule has 0 saturated heterocycles. The van der Waals surface area contributed by atoms with E-state index in [1.807, 2.05) is 30.6 Å². The molecule has 0 saturated carbocycles. The van der Waals surface area contributed by atoms with Crippen molar-refractivity contribution in [2.24, 2.45) is 0 Å². The second-order valence-corrected chi connectivity index (χ2v) is 4.70. The Morgan fingerprint density at radius 3 is 2.58 bits per heavy atom. The van der Waals surface area contributed by atoms with Gasteiger partial charge in [0.1, 0.15) is 5.82 Å². The molecule has 0 aliphatic carbocycles. The molecule has 2 rings (SSSR count). The third-order valence-electron chi connectivity index (χ3n) is 3.36. The van der Waals surface area contributed by atoms with Crippen molar-refractivity contribution in [2.75, 3.05) is 0 Å². The van der Waals surface area contributed by atoms with Crippen LogP contribution in [0.25, 0.3) is 0 Å². The molecule has 1 atom stereocenters. The van der Waals surface area contributed by atoms with Gasteiger partial charge in [0.25, 0.3) is 0 Å². The maximum atomic E-state index is 12.9. The summed E-state index contributed by atoms with van der Waals surface area (Å²) >= 11 is 0. The predicted molar refractivity (Wildman–Crippen MR) is 75.2 cm³/mol. The first-order valence-electron chi connectivity index (χ1n) is 6.59. The largest absolute Gasteiger partial charge is 0.306 e. The SMILES string of the molecule is CCC(NCc1ccncc1C)c1ccc(F)cc1. The Labute approximate surface area is 113 Å². The first kappa shape index (κ1) is 13.7. The fourth-order valence-electron chi connectivity index (χ4n) is 2.13. The number of hydrogen-bond donors (Lipinski definition) is 1. The smallest absolute Gasteiger partial charge is 0.123 e. The molecule has 2 nitrogen and oxygen atoms in total. The molecule has 0 fully saturated rings. The van der Waals surface area contributed by atoms with Gasteiger partial charge in [-0.2, -0.15) is 0 Å². The minimum absolute atomic E-state index is 0.191. The summed E-state index contributed by atoms with van der Waals surface area (Å²) in [4.78, 5) is 4.09. The van der Waals surface area contributed by atoms with Crippen LogP contribution in [0.4, 0.5) is 4.39 Å². The molecule has 0 aliphatic rings. The molecule has 0 bridgehead atoms. The first-order chi connectivity index (χ1) is 9.20. The molecule has 1 heterocycles. The van der Waals surface area contributed by atoms with E-state index in [2.05, 4.69) is 24.1 Å². The highest BCUT2D eigenvalue weighted by atomic mass is 19.1. The van der Waals surface area contributed by atoms with Gasteiger partial charge in [0, 0.05) is 25.0 Å². The van der Waals surface area contributed by atoms with Gasteiger partial charge in [0.05, 0.1) is 0 Å². The third kappa shape index (κ3) is 3.61. The van der Waals surface area contributed by atoms with Gasteiger partial charge in [-0.25, -0.2) is 4.39 Å². The Bertz CT molecular complexity index is 523. The van der Waals surface area contributed by atoms with Gasteiger partial charge in [0.15, 0.2) is 0 Å². The Morgan fingerprint density at radius 1 is 1.21 bits per heavy atom. The number of aryl methyl sites for hydroxylation is 1. The maximum Gasteiger partial charge on any atom is 0.123 e. The highest BCUT2D eigenvalue weighted by molar-refractivity contribution is 5.23. The van der Waals surface area contributed by atoms with E-state index in [4.69, 9.17) is 0 Å². The number of nitrogens with zero attached hydrogens (tertiary/aromatic N) is 1. The van der Waals surface area contributed by atoms with Crippen molar-refractivity contribution >= 4 is 0 Å². The van der Waals surface area contributed by atoms with Crippen LogP contribution in [0.5, 0.6) is 0 Å². The summed E-state index contributed by atoms with van der Waals surface area (Å²) in [5.74, 6) is -0.191. The molecule has 3 heteroatoms. The number of nitrogens with one attached hydrogen (secondary N) is 1.